The van der Waals surface area contributed by atoms with Gasteiger partial charge in [-0.1, -0.05) is 0 Å². The Morgan fingerprint density at radius 3 is 1.78 bits per heavy atom. The van der Waals surface area contributed by atoms with Crippen LogP contribution in [0.4, 0.5) is 0 Å². The topological polar surface area (TPSA) is 54.4 Å². The van der Waals surface area contributed by atoms with Crippen molar-refractivity contribution in [3.63, 3.8) is 0 Å². The van der Waals surface area contributed by atoms with Crippen molar-refractivity contribution in [1.82, 2.24) is 0 Å². The molecule has 4 heteroatoms. The molecule has 58 valence electrons. The molecule has 0 atom stereocenters. The average molecular weight is 225 g/mol. The molecule has 0 heterocycles. The maximum absolute atomic E-state index is 9.87. The third-order valence-corrected chi connectivity index (χ3v) is 0.400. The Kier molecular flexibility index (Phi) is 10.2. The van der Waals surface area contributed by atoms with Crippen molar-refractivity contribution in [3.05, 3.63) is 0 Å². The molecule has 0 spiro atoms. The van der Waals surface area contributed by atoms with Gasteiger partial charge in [-0.25, -0.2) is 0 Å². The van der Waals surface area contributed by atoms with E-state index in [0.717, 1.165) is 0 Å². The predicted molar refractivity (Wildman–Crippen MR) is 28.8 cm³/mol. The third-order valence-electron chi connectivity index (χ3n) is 0.400. The molecule has 0 aliphatic carbocycles. The summed E-state index contributed by atoms with van der Waals surface area (Å²) in [6.07, 6.45) is -0.361. The van der Waals surface area contributed by atoms with Gasteiger partial charge in [0.1, 0.15) is 12.2 Å². The zero-order valence-corrected chi connectivity index (χ0v) is 6.75. The molecule has 0 aromatic heterocycles. The summed E-state index contributed by atoms with van der Waals surface area (Å²) in [6.45, 7) is 1.24. The van der Waals surface area contributed by atoms with E-state index in [4.69, 9.17) is 5.11 Å². The molecule has 0 aromatic carbocycles. The number of carbonyl (C=O) groups is 2. The second kappa shape index (κ2) is 7.88. The summed E-state index contributed by atoms with van der Waals surface area (Å²) < 4.78 is 0. The van der Waals surface area contributed by atoms with Gasteiger partial charge < -0.3 is 5.11 Å². The normalized spacial score (nSPS) is 7.11. The standard InChI is InChI=1S/C4H6O3.CH3.Ag/c1-3(5)2-4(6)7;;/h2H2,1H3,(H,6,7);1H3;. The molecule has 0 unspecified atom stereocenters. The van der Waals surface area contributed by atoms with Crippen LogP contribution in [0.15, 0.2) is 0 Å². The van der Waals surface area contributed by atoms with Gasteiger partial charge in [0, 0.05) is 0 Å². The zero-order chi connectivity index (χ0) is 7.86. The number of hydrogen-bond donors (Lipinski definition) is 1. The SMILES string of the molecule is CC(=O)CC(=O)O.[CH3][Ag]. The van der Waals surface area contributed by atoms with Crippen molar-refractivity contribution < 1.29 is 35.8 Å². The first-order valence-electron chi connectivity index (χ1n) is 2.14. The van der Waals surface area contributed by atoms with Gasteiger partial charge >= 0.3 is 32.2 Å². The van der Waals surface area contributed by atoms with Crippen molar-refractivity contribution in [3.8, 4) is 0 Å². The second-order valence-corrected chi connectivity index (χ2v) is 1.27. The first-order valence-corrected chi connectivity index (χ1v) is 3.62. The Morgan fingerprint density at radius 1 is 1.44 bits per heavy atom. The van der Waals surface area contributed by atoms with Crippen LogP contribution in [0.25, 0.3) is 0 Å². The van der Waals surface area contributed by atoms with Gasteiger partial charge in [0.2, 0.25) is 0 Å². The van der Waals surface area contributed by atoms with Gasteiger partial charge in [-0.05, 0) is 6.92 Å². The van der Waals surface area contributed by atoms with E-state index in [1.807, 2.05) is 5.14 Å². The van der Waals surface area contributed by atoms with E-state index in [1.54, 1.807) is 0 Å². The monoisotopic (exact) mass is 224 g/mol. The molecule has 0 aliphatic heterocycles. The second-order valence-electron chi connectivity index (χ2n) is 1.27. The number of carbonyl (C=O) groups excluding carboxylic acids is 1. The summed E-state index contributed by atoms with van der Waals surface area (Å²) in [5.74, 6) is -1.37. The molecule has 0 aromatic rings. The van der Waals surface area contributed by atoms with E-state index in [0.29, 0.717) is 0 Å². The van der Waals surface area contributed by atoms with Crippen molar-refractivity contribution in [2.45, 2.75) is 18.5 Å². The molecule has 0 aliphatic rings. The Balaban J connectivity index is 0. The van der Waals surface area contributed by atoms with Gasteiger partial charge in [-0.2, -0.15) is 0 Å². The Hall–Kier alpha value is -0.120. The van der Waals surface area contributed by atoms with Crippen molar-refractivity contribution >= 4 is 11.8 Å². The number of hydrogen-bond acceptors (Lipinski definition) is 2. The predicted octanol–water partition coefficient (Wildman–Crippen LogP) is 0.631. The van der Waals surface area contributed by atoms with Crippen LogP contribution < -0.4 is 0 Å². The molecule has 3 nitrogen and oxygen atoms in total. The molecular formula is C5H9AgO3. The van der Waals surface area contributed by atoms with E-state index >= 15 is 0 Å². The Labute approximate surface area is 66.4 Å². The van der Waals surface area contributed by atoms with E-state index < -0.39 is 5.97 Å². The molecule has 1 N–H and O–H groups in total. The minimum atomic E-state index is -1.06. The van der Waals surface area contributed by atoms with Crippen LogP contribution in [0.1, 0.15) is 13.3 Å². The molecule has 0 amide bonds. The molecule has 0 radical (unpaired) electrons. The van der Waals surface area contributed by atoms with Crippen LogP contribution in [0.5, 0.6) is 0 Å². The van der Waals surface area contributed by atoms with Crippen LogP contribution in [-0.2, 0) is 30.7 Å². The van der Waals surface area contributed by atoms with Gasteiger partial charge in [-0.3, -0.25) is 9.59 Å². The number of carboxylic acids is 1. The maximum atomic E-state index is 9.87. The first-order chi connectivity index (χ1) is 4.13. The Morgan fingerprint density at radius 2 is 1.78 bits per heavy atom. The average Bonchev–Trinajstić information content (AvgIpc) is 1.68. The van der Waals surface area contributed by atoms with Gasteiger partial charge in [0.15, 0.2) is 0 Å². The summed E-state index contributed by atoms with van der Waals surface area (Å²) in [5, 5.41) is 9.67. The van der Waals surface area contributed by atoms with Crippen LogP contribution in [0.3, 0.4) is 0 Å². The number of carboxylic acid groups (broad SMARTS) is 1. The third kappa shape index (κ3) is 18.1. The summed E-state index contributed by atoms with van der Waals surface area (Å²) >= 11 is 2.95. The molecule has 0 saturated carbocycles. The number of Topliss-reactive ketones (excluding diaryl/α,β-unsaturated/α-hetero) is 1. The Bertz CT molecular complexity index is 88.4. The van der Waals surface area contributed by atoms with E-state index in [-0.39, 0.29) is 12.2 Å². The van der Waals surface area contributed by atoms with Crippen LogP contribution in [0.2, 0.25) is 5.14 Å². The fraction of sp³-hybridized carbons (Fsp3) is 0.600. The molecule has 0 fully saturated rings. The summed E-state index contributed by atoms with van der Waals surface area (Å²) in [6, 6.07) is 0. The number of aliphatic carboxylic acids is 1. The molecule has 0 rings (SSSR count). The number of rotatable bonds is 2. The number of ketones is 1. The van der Waals surface area contributed by atoms with Gasteiger partial charge in [0.25, 0.3) is 0 Å². The summed E-state index contributed by atoms with van der Waals surface area (Å²) in [7, 11) is 0. The quantitative estimate of drug-likeness (QED) is 0.553. The zero-order valence-electron chi connectivity index (χ0n) is 5.27. The molecule has 0 bridgehead atoms. The van der Waals surface area contributed by atoms with Crippen molar-refractivity contribution in [2.75, 3.05) is 0 Å². The van der Waals surface area contributed by atoms with E-state index in [9.17, 15) is 9.59 Å². The van der Waals surface area contributed by atoms with Gasteiger partial charge in [0.05, 0.1) is 0 Å². The fourth-order valence-electron chi connectivity index (χ4n) is 0.213. The first kappa shape index (κ1) is 11.6. The molecular weight excluding hydrogens is 216 g/mol. The van der Waals surface area contributed by atoms with Crippen molar-refractivity contribution in [2.24, 2.45) is 0 Å². The van der Waals surface area contributed by atoms with Crippen LogP contribution in [0, 0.1) is 0 Å². The molecule has 0 saturated heterocycles. The van der Waals surface area contributed by atoms with Crippen molar-refractivity contribution in [1.29, 1.82) is 0 Å². The minimum absolute atomic E-state index is 0.312. The fourth-order valence-corrected chi connectivity index (χ4v) is 0.213. The summed E-state index contributed by atoms with van der Waals surface area (Å²) in [5.41, 5.74) is 0. The molecule has 9 heavy (non-hydrogen) atoms. The summed E-state index contributed by atoms with van der Waals surface area (Å²) in [4.78, 5) is 19.5. The van der Waals surface area contributed by atoms with Crippen LogP contribution >= 0.6 is 0 Å². The van der Waals surface area contributed by atoms with E-state index in [2.05, 4.69) is 21.1 Å². The van der Waals surface area contributed by atoms with Crippen LogP contribution in [-0.4, -0.2) is 16.9 Å². The van der Waals surface area contributed by atoms with Gasteiger partial charge in [-0.15, -0.1) is 0 Å². The van der Waals surface area contributed by atoms with E-state index in [1.165, 1.54) is 6.92 Å².